The first kappa shape index (κ1) is 15.9. The van der Waals surface area contributed by atoms with Gasteiger partial charge in [-0.3, -0.25) is 4.79 Å². The fraction of sp³-hybridized carbons (Fsp3) is 0.818. The van der Waals surface area contributed by atoms with Gasteiger partial charge in [-0.15, -0.1) is 0 Å². The number of carboxylic acids is 1. The maximum Gasteiger partial charge on any atom is 0.326 e. The molecule has 0 saturated heterocycles. The smallest absolute Gasteiger partial charge is 0.326 e. The second-order valence-electron chi connectivity index (χ2n) is 5.15. The fourth-order valence-electron chi connectivity index (χ4n) is 2.12. The van der Waals surface area contributed by atoms with Gasteiger partial charge in [0, 0.05) is 6.26 Å². The molecule has 0 radical (unpaired) electrons. The highest BCUT2D eigenvalue weighted by Gasteiger charge is 2.38. The Bertz CT molecular complexity index is 454. The van der Waals surface area contributed by atoms with E-state index >= 15 is 0 Å². The van der Waals surface area contributed by atoms with Gasteiger partial charge in [-0.25, -0.2) is 13.2 Å². The van der Waals surface area contributed by atoms with E-state index < -0.39 is 33.3 Å². The number of hydrogen-bond donors (Lipinski definition) is 3. The molecule has 0 aromatic rings. The van der Waals surface area contributed by atoms with Gasteiger partial charge in [0.1, 0.15) is 15.9 Å². The van der Waals surface area contributed by atoms with Crippen LogP contribution in [0.5, 0.6) is 0 Å². The van der Waals surface area contributed by atoms with Crippen LogP contribution < -0.4 is 11.1 Å². The molecule has 1 saturated carbocycles. The SMILES string of the molecule is CS(=O)(=O)CCC(NC(=O)C1(N)CCCC1)C(=O)O. The number of nitrogens with one attached hydrogen (secondary N) is 1. The summed E-state index contributed by atoms with van der Waals surface area (Å²) in [5.41, 5.74) is 4.89. The van der Waals surface area contributed by atoms with Crippen LogP contribution in [-0.4, -0.2) is 49.0 Å². The molecule has 0 spiro atoms. The zero-order valence-electron chi connectivity index (χ0n) is 10.9. The summed E-state index contributed by atoms with van der Waals surface area (Å²) >= 11 is 0. The molecular weight excluding hydrogens is 272 g/mol. The van der Waals surface area contributed by atoms with Gasteiger partial charge in [0.25, 0.3) is 0 Å². The lowest BCUT2D eigenvalue weighted by molar-refractivity contribution is -0.142. The second-order valence-corrected chi connectivity index (χ2v) is 7.41. The molecule has 110 valence electrons. The Morgan fingerprint density at radius 1 is 1.37 bits per heavy atom. The number of nitrogens with two attached hydrogens (primary N) is 1. The van der Waals surface area contributed by atoms with E-state index in [1.54, 1.807) is 0 Å². The normalized spacial score (nSPS) is 19.9. The highest BCUT2D eigenvalue weighted by atomic mass is 32.2. The van der Waals surface area contributed by atoms with Crippen LogP contribution >= 0.6 is 0 Å². The molecule has 0 heterocycles. The summed E-state index contributed by atoms with van der Waals surface area (Å²) in [5.74, 6) is -2.05. The molecule has 0 aromatic carbocycles. The maximum absolute atomic E-state index is 12.0. The van der Waals surface area contributed by atoms with Gasteiger partial charge in [-0.1, -0.05) is 12.8 Å². The minimum Gasteiger partial charge on any atom is -0.480 e. The van der Waals surface area contributed by atoms with Gasteiger partial charge in [-0.05, 0) is 19.3 Å². The zero-order valence-corrected chi connectivity index (χ0v) is 11.7. The minimum absolute atomic E-state index is 0.157. The Morgan fingerprint density at radius 2 is 1.89 bits per heavy atom. The number of carbonyl (C=O) groups is 2. The molecule has 19 heavy (non-hydrogen) atoms. The Morgan fingerprint density at radius 3 is 2.32 bits per heavy atom. The molecule has 4 N–H and O–H groups in total. The number of carbonyl (C=O) groups excluding carboxylic acids is 1. The van der Waals surface area contributed by atoms with E-state index in [2.05, 4.69) is 5.32 Å². The summed E-state index contributed by atoms with van der Waals surface area (Å²) in [4.78, 5) is 23.0. The molecule has 7 nitrogen and oxygen atoms in total. The van der Waals surface area contributed by atoms with Crippen LogP contribution in [0.3, 0.4) is 0 Å². The van der Waals surface area contributed by atoms with Crippen molar-refractivity contribution in [3.63, 3.8) is 0 Å². The third kappa shape index (κ3) is 4.79. The summed E-state index contributed by atoms with van der Waals surface area (Å²) in [6, 6.07) is -1.22. The van der Waals surface area contributed by atoms with Crippen molar-refractivity contribution in [2.45, 2.75) is 43.7 Å². The maximum atomic E-state index is 12.0. The van der Waals surface area contributed by atoms with Gasteiger partial charge in [0.05, 0.1) is 11.3 Å². The molecular formula is C11H20N2O5S. The van der Waals surface area contributed by atoms with Crippen LogP contribution in [0.4, 0.5) is 0 Å². The molecule has 1 rings (SSSR count). The van der Waals surface area contributed by atoms with Crippen molar-refractivity contribution in [1.29, 1.82) is 0 Å². The molecule has 1 fully saturated rings. The van der Waals surface area contributed by atoms with Crippen molar-refractivity contribution in [2.24, 2.45) is 5.73 Å². The molecule has 8 heteroatoms. The largest absolute Gasteiger partial charge is 0.480 e. The first-order valence-electron chi connectivity index (χ1n) is 6.14. The number of carboxylic acid groups (broad SMARTS) is 1. The Balaban J connectivity index is 2.63. The van der Waals surface area contributed by atoms with Crippen LogP contribution in [0.2, 0.25) is 0 Å². The lowest BCUT2D eigenvalue weighted by Gasteiger charge is -2.24. The van der Waals surface area contributed by atoms with Crippen molar-refractivity contribution in [1.82, 2.24) is 5.32 Å². The van der Waals surface area contributed by atoms with Crippen molar-refractivity contribution >= 4 is 21.7 Å². The second kappa shape index (κ2) is 5.87. The van der Waals surface area contributed by atoms with Crippen LogP contribution in [0.1, 0.15) is 32.1 Å². The fourth-order valence-corrected chi connectivity index (χ4v) is 2.79. The van der Waals surface area contributed by atoms with Crippen molar-refractivity contribution in [3.05, 3.63) is 0 Å². The molecule has 0 bridgehead atoms. The van der Waals surface area contributed by atoms with Crippen molar-refractivity contribution < 1.29 is 23.1 Å². The van der Waals surface area contributed by atoms with Gasteiger partial charge in [0.2, 0.25) is 5.91 Å². The average molecular weight is 292 g/mol. The van der Waals surface area contributed by atoms with E-state index in [0.29, 0.717) is 12.8 Å². The number of rotatable bonds is 6. The Kier molecular flexibility index (Phi) is 4.92. The molecule has 0 aromatic heterocycles. The molecule has 1 unspecified atom stereocenters. The zero-order chi connectivity index (χ0) is 14.7. The number of hydrogen-bond acceptors (Lipinski definition) is 5. The summed E-state index contributed by atoms with van der Waals surface area (Å²) in [7, 11) is -3.27. The van der Waals surface area contributed by atoms with Gasteiger partial charge < -0.3 is 16.2 Å². The van der Waals surface area contributed by atoms with E-state index in [-0.39, 0.29) is 12.2 Å². The standard InChI is InChI=1S/C11H20N2O5S/c1-19(17,18)7-4-8(9(14)15)13-10(16)11(12)5-2-3-6-11/h8H,2-7,12H2,1H3,(H,13,16)(H,14,15). The molecule has 1 aliphatic carbocycles. The van der Waals surface area contributed by atoms with E-state index in [9.17, 15) is 18.0 Å². The summed E-state index contributed by atoms with van der Waals surface area (Å²) in [5, 5.41) is 11.3. The number of amides is 1. The minimum atomic E-state index is -3.27. The Labute approximate surface area is 112 Å². The van der Waals surface area contributed by atoms with Crippen LogP contribution in [0.25, 0.3) is 0 Å². The van der Waals surface area contributed by atoms with E-state index in [4.69, 9.17) is 10.8 Å². The van der Waals surface area contributed by atoms with Crippen LogP contribution in [0, 0.1) is 0 Å². The topological polar surface area (TPSA) is 127 Å². The quantitative estimate of drug-likeness (QED) is 0.592. The first-order chi connectivity index (χ1) is 8.64. The molecule has 1 atom stereocenters. The molecule has 1 amide bonds. The summed E-state index contributed by atoms with van der Waals surface area (Å²) in [6.45, 7) is 0. The monoisotopic (exact) mass is 292 g/mol. The summed E-state index contributed by atoms with van der Waals surface area (Å²) in [6.07, 6.45) is 3.59. The van der Waals surface area contributed by atoms with Gasteiger partial charge in [-0.2, -0.15) is 0 Å². The predicted molar refractivity (Wildman–Crippen MR) is 69.3 cm³/mol. The number of sulfone groups is 1. The lowest BCUT2D eigenvalue weighted by atomic mass is 9.97. The van der Waals surface area contributed by atoms with Gasteiger partial charge in [0.15, 0.2) is 0 Å². The van der Waals surface area contributed by atoms with E-state index in [0.717, 1.165) is 19.1 Å². The third-order valence-electron chi connectivity index (χ3n) is 3.33. The highest BCUT2D eigenvalue weighted by Crippen LogP contribution is 2.27. The average Bonchev–Trinajstić information content (AvgIpc) is 2.70. The number of aliphatic carboxylic acids is 1. The molecule has 1 aliphatic rings. The van der Waals surface area contributed by atoms with E-state index in [1.165, 1.54) is 0 Å². The third-order valence-corrected chi connectivity index (χ3v) is 4.31. The lowest BCUT2D eigenvalue weighted by Crippen LogP contribution is -2.56. The van der Waals surface area contributed by atoms with Crippen molar-refractivity contribution in [2.75, 3.05) is 12.0 Å². The van der Waals surface area contributed by atoms with Crippen LogP contribution in [-0.2, 0) is 19.4 Å². The van der Waals surface area contributed by atoms with E-state index in [1.807, 2.05) is 0 Å². The van der Waals surface area contributed by atoms with Crippen LogP contribution in [0.15, 0.2) is 0 Å². The molecule has 0 aliphatic heterocycles. The van der Waals surface area contributed by atoms with Crippen molar-refractivity contribution in [3.8, 4) is 0 Å². The Hall–Kier alpha value is -1.15. The highest BCUT2D eigenvalue weighted by molar-refractivity contribution is 7.90. The predicted octanol–water partition coefficient (Wildman–Crippen LogP) is -0.738. The van der Waals surface area contributed by atoms with Gasteiger partial charge >= 0.3 is 5.97 Å². The first-order valence-corrected chi connectivity index (χ1v) is 8.20. The summed E-state index contributed by atoms with van der Waals surface area (Å²) < 4.78 is 22.1.